The van der Waals surface area contributed by atoms with Crippen LogP contribution in [0.5, 0.6) is 0 Å². The van der Waals surface area contributed by atoms with Gasteiger partial charge in [0.05, 0.1) is 16.5 Å². The second-order valence-electron chi connectivity index (χ2n) is 7.38. The molecule has 0 aliphatic carbocycles. The van der Waals surface area contributed by atoms with E-state index in [1.807, 2.05) is 0 Å². The summed E-state index contributed by atoms with van der Waals surface area (Å²) in [6.45, 7) is 0.121. The van der Waals surface area contributed by atoms with Gasteiger partial charge in [0.25, 0.3) is 11.8 Å². The summed E-state index contributed by atoms with van der Waals surface area (Å²) < 4.78 is 61.8. The second-order valence-corrected chi connectivity index (χ2v) is 9.83. The van der Waals surface area contributed by atoms with Crippen molar-refractivity contribution in [2.24, 2.45) is 0 Å². The van der Waals surface area contributed by atoms with Crippen LogP contribution in [0.4, 0.5) is 13.2 Å². The molecule has 194 valence electrons. The third kappa shape index (κ3) is 7.41. The van der Waals surface area contributed by atoms with Crippen molar-refractivity contribution >= 4 is 46.7 Å². The Balaban J connectivity index is 0.00000456. The highest BCUT2D eigenvalue weighted by atomic mass is 35.5. The highest BCUT2D eigenvalue weighted by molar-refractivity contribution is 7.90. The van der Waals surface area contributed by atoms with E-state index < -0.39 is 40.4 Å². The first-order valence-electron chi connectivity index (χ1n) is 9.77. The van der Waals surface area contributed by atoms with E-state index in [1.165, 1.54) is 41.3 Å². The van der Waals surface area contributed by atoms with Gasteiger partial charge in [0.1, 0.15) is 12.9 Å². The van der Waals surface area contributed by atoms with Crippen LogP contribution in [0.1, 0.15) is 39.5 Å². The molecule has 0 aliphatic rings. The van der Waals surface area contributed by atoms with Crippen LogP contribution in [0, 0.1) is 0 Å². The normalized spacial score (nSPS) is 12.4. The van der Waals surface area contributed by atoms with Gasteiger partial charge in [-0.1, -0.05) is 11.6 Å². The van der Waals surface area contributed by atoms with Crippen molar-refractivity contribution in [1.82, 2.24) is 30.4 Å². The lowest BCUT2D eigenvalue weighted by Crippen LogP contribution is -2.33. The molecular weight excluding hydrogens is 545 g/mol. The third-order valence-corrected chi connectivity index (χ3v) is 5.86. The molecule has 10 nitrogen and oxygen atoms in total. The number of hydrogen-bond donors (Lipinski definition) is 2. The monoisotopic (exact) mass is 564 g/mol. The molecule has 0 aliphatic heterocycles. The van der Waals surface area contributed by atoms with Gasteiger partial charge >= 0.3 is 6.18 Å². The van der Waals surface area contributed by atoms with E-state index in [-0.39, 0.29) is 46.2 Å². The van der Waals surface area contributed by atoms with Crippen LogP contribution in [0.3, 0.4) is 0 Å². The number of nitrogens with one attached hydrogen (secondary N) is 2. The topological polar surface area (TPSA) is 136 Å². The predicted molar refractivity (Wildman–Crippen MR) is 128 cm³/mol. The summed E-state index contributed by atoms with van der Waals surface area (Å²) in [5.74, 6) is -1.14. The highest BCUT2D eigenvalue weighted by Gasteiger charge is 2.28. The van der Waals surface area contributed by atoms with Crippen LogP contribution in [-0.2, 0) is 9.84 Å². The second kappa shape index (κ2) is 11.3. The molecule has 0 saturated heterocycles. The molecule has 0 fully saturated rings. The molecule has 2 heterocycles. The molecule has 0 spiro atoms. The lowest BCUT2D eigenvalue weighted by molar-refractivity contribution is -0.123. The van der Waals surface area contributed by atoms with Crippen LogP contribution < -0.4 is 10.6 Å². The van der Waals surface area contributed by atoms with Gasteiger partial charge in [0.2, 0.25) is 0 Å². The number of halogens is 4. The maximum atomic E-state index is 12.7. The van der Waals surface area contributed by atoms with Gasteiger partial charge in [-0.05, 0) is 37.3 Å². The number of nitrogens with zero attached hydrogens (tertiary/aromatic N) is 4. The number of sulfone groups is 1. The Labute approximate surface area is 215 Å². The summed E-state index contributed by atoms with van der Waals surface area (Å²) in [7, 11) is -3.60. The molecular formula is C20H20ClF3N6O4S2. The molecule has 1 aromatic carbocycles. The number of rotatable bonds is 7. The number of hydrogen-bond acceptors (Lipinski definition) is 7. The van der Waals surface area contributed by atoms with Gasteiger partial charge in [-0.25, -0.2) is 18.4 Å². The van der Waals surface area contributed by atoms with Crippen molar-refractivity contribution in [2.45, 2.75) is 24.0 Å². The van der Waals surface area contributed by atoms with Crippen molar-refractivity contribution in [3.63, 3.8) is 0 Å². The standard InChI is InChI=1S/C20H18ClF3N6O4S.H2S/c1-11(29-19(32)13-5-14(21)7-15(6-13)35(2,33)34)17-27-10-28-30(17)16-4-3-12(8-25-16)18(31)26-9-20(22,23)24;/h3-8,10-11H,9H2,1-2H3,(H,26,31)(H,29,32);1H2/t11-;/m1./s1. The molecule has 1 atom stereocenters. The summed E-state index contributed by atoms with van der Waals surface area (Å²) in [4.78, 5) is 32.6. The largest absolute Gasteiger partial charge is 0.405 e. The summed E-state index contributed by atoms with van der Waals surface area (Å²) in [6.07, 6.45) is -1.28. The molecule has 3 aromatic rings. The first kappa shape index (κ1) is 29.1. The predicted octanol–water partition coefficient (Wildman–Crippen LogP) is 2.62. The summed E-state index contributed by atoms with van der Waals surface area (Å²) in [5.41, 5.74) is -0.0770. The molecule has 0 radical (unpaired) electrons. The number of carbonyl (C=O) groups is 2. The average molecular weight is 565 g/mol. The van der Waals surface area contributed by atoms with Crippen LogP contribution in [0.25, 0.3) is 5.82 Å². The molecule has 3 rings (SSSR count). The van der Waals surface area contributed by atoms with Gasteiger partial charge < -0.3 is 10.6 Å². The lowest BCUT2D eigenvalue weighted by atomic mass is 10.2. The summed E-state index contributed by atoms with van der Waals surface area (Å²) in [5, 5.41) is 8.51. The van der Waals surface area contributed by atoms with Gasteiger partial charge in [-0.3, -0.25) is 9.59 Å². The summed E-state index contributed by atoms with van der Waals surface area (Å²) >= 11 is 5.96. The van der Waals surface area contributed by atoms with E-state index in [9.17, 15) is 31.2 Å². The van der Waals surface area contributed by atoms with Crippen molar-refractivity contribution in [2.75, 3.05) is 12.8 Å². The number of carbonyl (C=O) groups excluding carboxylic acids is 2. The van der Waals surface area contributed by atoms with Crippen LogP contribution >= 0.6 is 25.1 Å². The van der Waals surface area contributed by atoms with Crippen molar-refractivity contribution in [1.29, 1.82) is 0 Å². The quantitative estimate of drug-likeness (QED) is 0.450. The van der Waals surface area contributed by atoms with E-state index in [0.717, 1.165) is 12.5 Å². The van der Waals surface area contributed by atoms with E-state index in [4.69, 9.17) is 11.6 Å². The maximum absolute atomic E-state index is 12.7. The number of benzene rings is 1. The SMILES string of the molecule is C[C@@H](NC(=O)c1cc(Cl)cc(S(C)(=O)=O)c1)c1ncnn1-c1ccc(C(=O)NCC(F)(F)F)cn1.S. The zero-order chi connectivity index (χ0) is 26.0. The van der Waals surface area contributed by atoms with E-state index in [2.05, 4.69) is 20.4 Å². The lowest BCUT2D eigenvalue weighted by Gasteiger charge is -2.15. The fourth-order valence-electron chi connectivity index (χ4n) is 2.90. The minimum Gasteiger partial charge on any atom is -0.343 e. The Morgan fingerprint density at radius 3 is 2.39 bits per heavy atom. The van der Waals surface area contributed by atoms with E-state index in [1.54, 1.807) is 12.2 Å². The van der Waals surface area contributed by atoms with Gasteiger partial charge in [0, 0.05) is 23.0 Å². The minimum atomic E-state index is -4.54. The van der Waals surface area contributed by atoms with Gasteiger partial charge in [-0.15, -0.1) is 0 Å². The number of aromatic nitrogens is 4. The highest BCUT2D eigenvalue weighted by Crippen LogP contribution is 2.21. The van der Waals surface area contributed by atoms with E-state index in [0.29, 0.717) is 0 Å². The molecule has 2 aromatic heterocycles. The maximum Gasteiger partial charge on any atom is 0.405 e. The van der Waals surface area contributed by atoms with Crippen molar-refractivity contribution in [3.8, 4) is 5.82 Å². The molecule has 2 N–H and O–H groups in total. The minimum absolute atomic E-state index is 0. The summed E-state index contributed by atoms with van der Waals surface area (Å²) in [6, 6.07) is 5.62. The molecule has 2 amide bonds. The van der Waals surface area contributed by atoms with Gasteiger partial charge in [-0.2, -0.15) is 36.4 Å². The fraction of sp³-hybridized carbons (Fsp3) is 0.250. The Kier molecular flexibility index (Phi) is 9.09. The van der Waals surface area contributed by atoms with Crippen LogP contribution in [0.15, 0.2) is 47.8 Å². The molecule has 0 unspecified atom stereocenters. The Hall–Kier alpha value is -3.17. The van der Waals surface area contributed by atoms with Crippen LogP contribution in [-0.4, -0.2) is 59.0 Å². The van der Waals surface area contributed by atoms with Crippen LogP contribution in [0.2, 0.25) is 5.02 Å². The molecule has 0 saturated carbocycles. The van der Waals surface area contributed by atoms with E-state index >= 15 is 0 Å². The Morgan fingerprint density at radius 2 is 1.81 bits per heavy atom. The fourth-order valence-corrected chi connectivity index (χ4v) is 3.88. The zero-order valence-corrected chi connectivity index (χ0v) is 21.2. The number of amides is 2. The molecule has 16 heteroatoms. The first-order valence-corrected chi connectivity index (χ1v) is 12.0. The number of pyridine rings is 1. The molecule has 0 bridgehead atoms. The van der Waals surface area contributed by atoms with Gasteiger partial charge in [0.15, 0.2) is 21.5 Å². The first-order chi connectivity index (χ1) is 16.2. The smallest absolute Gasteiger partial charge is 0.343 e. The van der Waals surface area contributed by atoms with Crippen molar-refractivity contribution < 1.29 is 31.2 Å². The third-order valence-electron chi connectivity index (χ3n) is 4.55. The molecule has 36 heavy (non-hydrogen) atoms. The Morgan fingerprint density at radius 1 is 1.11 bits per heavy atom. The van der Waals surface area contributed by atoms with Crippen molar-refractivity contribution in [3.05, 3.63) is 64.8 Å². The zero-order valence-electron chi connectivity index (χ0n) is 18.7. The average Bonchev–Trinajstić information content (AvgIpc) is 3.26. The number of alkyl halides is 3. The Bertz CT molecular complexity index is 1360.